The van der Waals surface area contributed by atoms with Crippen molar-refractivity contribution in [2.24, 2.45) is 4.99 Å². The van der Waals surface area contributed by atoms with Crippen LogP contribution >= 0.6 is 0 Å². The van der Waals surface area contributed by atoms with Gasteiger partial charge in [0.25, 0.3) is 0 Å². The molecular formula is C22H22N4O2. The quantitative estimate of drug-likeness (QED) is 0.541. The van der Waals surface area contributed by atoms with E-state index in [0.717, 1.165) is 41.2 Å². The lowest BCUT2D eigenvalue weighted by molar-refractivity contribution is 0.415. The number of hydrogen-bond donors (Lipinski definition) is 1. The van der Waals surface area contributed by atoms with Crippen LogP contribution in [0.1, 0.15) is 22.7 Å². The minimum atomic E-state index is 0.195. The summed E-state index contributed by atoms with van der Waals surface area (Å²) in [7, 11) is 5.57. The molecule has 4 rings (SSSR count). The van der Waals surface area contributed by atoms with Gasteiger partial charge in [-0.1, -0.05) is 24.3 Å². The number of nitrogens with one attached hydrogen (secondary N) is 1. The molecule has 1 aliphatic carbocycles. The van der Waals surface area contributed by atoms with Gasteiger partial charge in [0.2, 0.25) is 6.08 Å². The molecular weight excluding hydrogens is 352 g/mol. The number of aromatic amines is 1. The number of fused-ring (bicyclic) bond motifs is 1. The Kier molecular flexibility index (Phi) is 4.72. The summed E-state index contributed by atoms with van der Waals surface area (Å²) in [6.45, 7) is 0. The first-order valence-corrected chi connectivity index (χ1v) is 9.21. The lowest BCUT2D eigenvalue weighted by Crippen LogP contribution is -2.10. The molecule has 28 heavy (non-hydrogen) atoms. The van der Waals surface area contributed by atoms with E-state index in [-0.39, 0.29) is 5.92 Å². The predicted octanol–water partition coefficient (Wildman–Crippen LogP) is 4.00. The van der Waals surface area contributed by atoms with Gasteiger partial charge in [0.15, 0.2) is 0 Å². The largest absolute Gasteiger partial charge is 0.495 e. The van der Waals surface area contributed by atoms with Crippen LogP contribution in [0.15, 0.2) is 47.5 Å². The number of rotatable bonds is 5. The van der Waals surface area contributed by atoms with Crippen molar-refractivity contribution >= 4 is 17.5 Å². The Morgan fingerprint density at radius 3 is 2.50 bits per heavy atom. The smallest absolute Gasteiger partial charge is 0.240 e. The van der Waals surface area contributed by atoms with Crippen molar-refractivity contribution in [3.8, 4) is 17.0 Å². The number of hydrogen-bond acceptors (Lipinski definition) is 5. The van der Waals surface area contributed by atoms with Gasteiger partial charge in [-0.15, -0.1) is 0 Å². The Morgan fingerprint density at radius 1 is 1.18 bits per heavy atom. The number of aliphatic imine (C=N–C) groups is 1. The maximum atomic E-state index is 11.2. The molecule has 0 saturated heterocycles. The Morgan fingerprint density at radius 2 is 1.89 bits per heavy atom. The monoisotopic (exact) mass is 374 g/mol. The van der Waals surface area contributed by atoms with Gasteiger partial charge in [-0.2, -0.15) is 10.1 Å². The Labute approximate surface area is 163 Å². The highest BCUT2D eigenvalue weighted by Gasteiger charge is 2.28. The zero-order chi connectivity index (χ0) is 19.7. The van der Waals surface area contributed by atoms with E-state index in [4.69, 9.17) is 4.74 Å². The molecule has 0 spiro atoms. The third kappa shape index (κ3) is 3.08. The van der Waals surface area contributed by atoms with E-state index in [0.29, 0.717) is 5.69 Å². The van der Waals surface area contributed by atoms with Gasteiger partial charge in [0, 0.05) is 25.6 Å². The summed E-state index contributed by atoms with van der Waals surface area (Å²) in [5.74, 6) is 0.973. The van der Waals surface area contributed by atoms with E-state index in [1.807, 2.05) is 37.2 Å². The van der Waals surface area contributed by atoms with Crippen molar-refractivity contribution in [1.82, 2.24) is 10.2 Å². The zero-order valence-corrected chi connectivity index (χ0v) is 16.2. The summed E-state index contributed by atoms with van der Waals surface area (Å²) in [4.78, 5) is 17.2. The van der Waals surface area contributed by atoms with E-state index >= 15 is 0 Å². The number of benzene rings is 2. The fourth-order valence-corrected chi connectivity index (χ4v) is 3.94. The van der Waals surface area contributed by atoms with Crippen LogP contribution in [0.2, 0.25) is 0 Å². The SMILES string of the molecule is COc1ccc(-c2[nH]nc(C3Cc4ccccc4C3)c2N=C=O)cc1N(C)C. The third-order valence-corrected chi connectivity index (χ3v) is 5.31. The molecule has 1 heterocycles. The van der Waals surface area contributed by atoms with Gasteiger partial charge in [0.1, 0.15) is 11.4 Å². The number of methoxy groups -OCH3 is 1. The molecule has 1 aromatic heterocycles. The fourth-order valence-electron chi connectivity index (χ4n) is 3.94. The summed E-state index contributed by atoms with van der Waals surface area (Å²) in [6.07, 6.45) is 3.50. The van der Waals surface area contributed by atoms with Crippen LogP contribution in [0, 0.1) is 0 Å². The summed E-state index contributed by atoms with van der Waals surface area (Å²) in [5, 5.41) is 7.65. The van der Waals surface area contributed by atoms with Crippen LogP contribution in [0.25, 0.3) is 11.3 Å². The lowest BCUT2D eigenvalue weighted by Gasteiger charge is -2.17. The van der Waals surface area contributed by atoms with Gasteiger partial charge in [0.05, 0.1) is 24.2 Å². The second-order valence-corrected chi connectivity index (χ2v) is 7.19. The maximum absolute atomic E-state index is 11.2. The Balaban J connectivity index is 1.76. The van der Waals surface area contributed by atoms with E-state index in [9.17, 15) is 4.79 Å². The molecule has 142 valence electrons. The van der Waals surface area contributed by atoms with Crippen LogP contribution in [0.3, 0.4) is 0 Å². The van der Waals surface area contributed by atoms with Crippen LogP contribution in [-0.4, -0.2) is 37.5 Å². The highest BCUT2D eigenvalue weighted by atomic mass is 16.5. The summed E-state index contributed by atoms with van der Waals surface area (Å²) in [6, 6.07) is 14.3. The lowest BCUT2D eigenvalue weighted by atomic mass is 9.99. The highest BCUT2D eigenvalue weighted by molar-refractivity contribution is 5.79. The van der Waals surface area contributed by atoms with Gasteiger partial charge >= 0.3 is 0 Å². The normalized spacial score (nSPS) is 13.1. The van der Waals surface area contributed by atoms with Crippen molar-refractivity contribution < 1.29 is 9.53 Å². The highest BCUT2D eigenvalue weighted by Crippen LogP contribution is 2.42. The van der Waals surface area contributed by atoms with Gasteiger partial charge in [-0.05, 0) is 42.2 Å². The molecule has 2 aromatic carbocycles. The number of H-pyrrole nitrogens is 1. The Bertz CT molecular complexity index is 1040. The molecule has 0 atom stereocenters. The van der Waals surface area contributed by atoms with Gasteiger partial charge in [-0.25, -0.2) is 4.79 Å². The van der Waals surface area contributed by atoms with E-state index in [1.165, 1.54) is 11.1 Å². The Hall–Kier alpha value is -3.37. The summed E-state index contributed by atoms with van der Waals surface area (Å²) < 4.78 is 5.44. The van der Waals surface area contributed by atoms with E-state index in [2.05, 4.69) is 39.5 Å². The molecule has 1 aliphatic rings. The van der Waals surface area contributed by atoms with Crippen LogP contribution in [-0.2, 0) is 17.6 Å². The average molecular weight is 374 g/mol. The first kappa shape index (κ1) is 18.0. The number of nitrogens with zero attached hydrogens (tertiary/aromatic N) is 3. The molecule has 0 saturated carbocycles. The predicted molar refractivity (Wildman–Crippen MR) is 109 cm³/mol. The average Bonchev–Trinajstić information content (AvgIpc) is 3.31. The topological polar surface area (TPSA) is 70.6 Å². The van der Waals surface area contributed by atoms with Crippen molar-refractivity contribution in [2.45, 2.75) is 18.8 Å². The molecule has 0 radical (unpaired) electrons. The summed E-state index contributed by atoms with van der Waals surface area (Å²) >= 11 is 0. The van der Waals surface area contributed by atoms with Crippen molar-refractivity contribution in [3.05, 3.63) is 59.3 Å². The molecule has 6 nitrogen and oxygen atoms in total. The molecule has 0 amide bonds. The second kappa shape index (κ2) is 7.33. The van der Waals surface area contributed by atoms with Crippen molar-refractivity contribution in [1.29, 1.82) is 0 Å². The molecule has 0 fully saturated rings. The molecule has 1 N–H and O–H groups in total. The zero-order valence-electron chi connectivity index (χ0n) is 16.2. The fraction of sp³-hybridized carbons (Fsp3) is 0.273. The number of ether oxygens (including phenoxy) is 1. The van der Waals surface area contributed by atoms with Crippen LogP contribution in [0.5, 0.6) is 5.75 Å². The molecule has 6 heteroatoms. The van der Waals surface area contributed by atoms with E-state index < -0.39 is 0 Å². The maximum Gasteiger partial charge on any atom is 0.240 e. The number of carbonyl (C=O) groups excluding carboxylic acids is 1. The van der Waals surface area contributed by atoms with Crippen molar-refractivity contribution in [3.63, 3.8) is 0 Å². The molecule has 0 bridgehead atoms. The standard InChI is InChI=1S/C22H22N4O2/c1-26(2)18-12-16(8-9-19(18)28-3)20-22(23-13-27)21(25-24-20)17-10-14-6-4-5-7-15(14)11-17/h4-9,12,17H,10-11H2,1-3H3,(H,24,25). The van der Waals surface area contributed by atoms with Gasteiger partial charge in [-0.3, -0.25) is 5.10 Å². The van der Waals surface area contributed by atoms with Crippen LogP contribution in [0.4, 0.5) is 11.4 Å². The van der Waals surface area contributed by atoms with Crippen LogP contribution < -0.4 is 9.64 Å². The number of aromatic nitrogens is 2. The first-order chi connectivity index (χ1) is 13.6. The molecule has 0 aliphatic heterocycles. The first-order valence-electron chi connectivity index (χ1n) is 9.21. The summed E-state index contributed by atoms with van der Waals surface area (Å²) in [5.41, 5.74) is 6.60. The number of isocyanates is 1. The second-order valence-electron chi connectivity index (χ2n) is 7.19. The molecule has 0 unspecified atom stereocenters. The minimum absolute atomic E-state index is 0.195. The third-order valence-electron chi connectivity index (χ3n) is 5.31. The van der Waals surface area contributed by atoms with E-state index in [1.54, 1.807) is 13.2 Å². The minimum Gasteiger partial charge on any atom is -0.495 e. The number of anilines is 1. The molecule has 3 aromatic rings. The van der Waals surface area contributed by atoms with Crippen molar-refractivity contribution in [2.75, 3.05) is 26.1 Å². The van der Waals surface area contributed by atoms with Gasteiger partial charge < -0.3 is 9.64 Å².